The van der Waals surface area contributed by atoms with Crippen molar-refractivity contribution < 1.29 is 13.9 Å². The van der Waals surface area contributed by atoms with Gasteiger partial charge in [-0.15, -0.1) is 0 Å². The summed E-state index contributed by atoms with van der Waals surface area (Å²) in [5.74, 6) is 0.719. The molecule has 1 saturated heterocycles. The highest BCUT2D eigenvalue weighted by molar-refractivity contribution is 4.99. The van der Waals surface area contributed by atoms with Crippen molar-refractivity contribution in [2.45, 2.75) is 45.3 Å². The number of halogens is 1. The third kappa shape index (κ3) is 3.92. The molecule has 1 atom stereocenters. The van der Waals surface area contributed by atoms with Gasteiger partial charge in [0.05, 0.1) is 19.0 Å². The van der Waals surface area contributed by atoms with E-state index in [0.717, 1.165) is 32.5 Å². The third-order valence-electron chi connectivity index (χ3n) is 3.59. The minimum atomic E-state index is -0.134. The van der Waals surface area contributed by atoms with Crippen LogP contribution in [0.5, 0.6) is 0 Å². The number of unbranched alkanes of at least 4 members (excludes halogenated alkanes) is 1. The van der Waals surface area contributed by atoms with Gasteiger partial charge in [-0.05, 0) is 25.7 Å². The summed E-state index contributed by atoms with van der Waals surface area (Å²) < 4.78 is 24.5. The summed E-state index contributed by atoms with van der Waals surface area (Å²) in [6.45, 7) is 3.63. The van der Waals surface area contributed by atoms with Crippen LogP contribution in [-0.4, -0.2) is 19.5 Å². The molecule has 3 heteroatoms. The van der Waals surface area contributed by atoms with Gasteiger partial charge < -0.3 is 9.47 Å². The van der Waals surface area contributed by atoms with E-state index in [0.29, 0.717) is 18.3 Å². The molecule has 1 heterocycles. The van der Waals surface area contributed by atoms with Gasteiger partial charge in [-0.3, -0.25) is 0 Å². The van der Waals surface area contributed by atoms with Gasteiger partial charge in [-0.1, -0.05) is 31.6 Å². The van der Waals surface area contributed by atoms with Crippen LogP contribution in [0.4, 0.5) is 4.39 Å². The zero-order chi connectivity index (χ0) is 12.8. The molecule has 0 aromatic carbocycles. The van der Waals surface area contributed by atoms with Gasteiger partial charge in [-0.25, -0.2) is 4.39 Å². The lowest BCUT2D eigenvalue weighted by Crippen LogP contribution is -2.36. The second kappa shape index (κ2) is 7.05. The molecule has 0 radical (unpaired) electrons. The molecule has 0 aromatic heterocycles. The Bertz CT molecular complexity index is 304. The predicted molar refractivity (Wildman–Crippen MR) is 69.8 cm³/mol. The first kappa shape index (κ1) is 13.8. The van der Waals surface area contributed by atoms with Crippen molar-refractivity contribution in [2.75, 3.05) is 13.2 Å². The SMILES string of the molecule is CCC/C=C/[C@H]1CO[C@H](C2CC=C(F)CC2)OC1. The summed E-state index contributed by atoms with van der Waals surface area (Å²) in [5, 5.41) is 0. The summed E-state index contributed by atoms with van der Waals surface area (Å²) in [6.07, 6.45) is 10.3. The number of ether oxygens (including phenoxy) is 2. The van der Waals surface area contributed by atoms with Crippen LogP contribution in [0.25, 0.3) is 0 Å². The highest BCUT2D eigenvalue weighted by Gasteiger charge is 2.29. The summed E-state index contributed by atoms with van der Waals surface area (Å²) in [6, 6.07) is 0. The molecule has 2 nitrogen and oxygen atoms in total. The summed E-state index contributed by atoms with van der Waals surface area (Å²) in [4.78, 5) is 0. The fraction of sp³-hybridized carbons (Fsp3) is 0.733. The molecular weight excluding hydrogens is 231 g/mol. The minimum Gasteiger partial charge on any atom is -0.352 e. The third-order valence-corrected chi connectivity index (χ3v) is 3.59. The lowest BCUT2D eigenvalue weighted by atomic mass is 9.92. The molecule has 0 bridgehead atoms. The number of rotatable bonds is 4. The summed E-state index contributed by atoms with van der Waals surface area (Å²) in [7, 11) is 0. The first-order valence-electron chi connectivity index (χ1n) is 7.04. The molecule has 2 rings (SSSR count). The largest absolute Gasteiger partial charge is 0.352 e. The van der Waals surface area contributed by atoms with Crippen LogP contribution in [0.15, 0.2) is 24.1 Å². The molecule has 0 N–H and O–H groups in total. The molecule has 1 fully saturated rings. The molecule has 1 aliphatic carbocycles. The number of allylic oxidation sites excluding steroid dienone is 3. The Morgan fingerprint density at radius 3 is 2.78 bits per heavy atom. The Hall–Kier alpha value is -0.670. The fourth-order valence-corrected chi connectivity index (χ4v) is 2.44. The van der Waals surface area contributed by atoms with E-state index in [1.807, 2.05) is 0 Å². The van der Waals surface area contributed by atoms with Gasteiger partial charge >= 0.3 is 0 Å². The molecular formula is C15H23FO2. The summed E-state index contributed by atoms with van der Waals surface area (Å²) >= 11 is 0. The van der Waals surface area contributed by atoms with E-state index < -0.39 is 0 Å². The van der Waals surface area contributed by atoms with Crippen molar-refractivity contribution >= 4 is 0 Å². The standard InChI is InChI=1S/C15H23FO2/c1-2-3-4-5-12-10-17-15(18-11-12)13-6-8-14(16)9-7-13/h4-5,8,12-13,15H,2-3,6-7,9-11H2,1H3/b5-4+/t12-,13?,15-. The Balaban J connectivity index is 1.73. The molecule has 1 unspecified atom stereocenters. The van der Waals surface area contributed by atoms with E-state index >= 15 is 0 Å². The number of hydrogen-bond donors (Lipinski definition) is 0. The van der Waals surface area contributed by atoms with Crippen molar-refractivity contribution in [2.24, 2.45) is 11.8 Å². The average Bonchev–Trinajstić information content (AvgIpc) is 2.41. The van der Waals surface area contributed by atoms with Crippen LogP contribution in [-0.2, 0) is 9.47 Å². The van der Waals surface area contributed by atoms with Crippen LogP contribution >= 0.6 is 0 Å². The van der Waals surface area contributed by atoms with Crippen LogP contribution < -0.4 is 0 Å². The van der Waals surface area contributed by atoms with Crippen LogP contribution in [0, 0.1) is 11.8 Å². The monoisotopic (exact) mass is 254 g/mol. The van der Waals surface area contributed by atoms with Gasteiger partial charge in [-0.2, -0.15) is 0 Å². The predicted octanol–water partition coefficient (Wildman–Crippen LogP) is 3.99. The van der Waals surface area contributed by atoms with Crippen molar-refractivity contribution in [1.29, 1.82) is 0 Å². The topological polar surface area (TPSA) is 18.5 Å². The van der Waals surface area contributed by atoms with Crippen LogP contribution in [0.2, 0.25) is 0 Å². The van der Waals surface area contributed by atoms with E-state index in [4.69, 9.17) is 9.47 Å². The second-order valence-corrected chi connectivity index (χ2v) is 5.20. The molecule has 0 aromatic rings. The first-order valence-corrected chi connectivity index (χ1v) is 7.04. The lowest BCUT2D eigenvalue weighted by Gasteiger charge is -2.34. The molecule has 18 heavy (non-hydrogen) atoms. The van der Waals surface area contributed by atoms with Gasteiger partial charge in [0.1, 0.15) is 0 Å². The first-order chi connectivity index (χ1) is 8.79. The highest BCUT2D eigenvalue weighted by atomic mass is 19.1. The van der Waals surface area contributed by atoms with Gasteiger partial charge in [0.2, 0.25) is 0 Å². The Labute approximate surface area is 109 Å². The Morgan fingerprint density at radius 2 is 2.17 bits per heavy atom. The summed E-state index contributed by atoms with van der Waals surface area (Å²) in [5.41, 5.74) is 0. The van der Waals surface area contributed by atoms with Crippen molar-refractivity contribution in [3.8, 4) is 0 Å². The smallest absolute Gasteiger partial charge is 0.160 e. The Morgan fingerprint density at radius 1 is 1.39 bits per heavy atom. The maximum absolute atomic E-state index is 12.9. The quantitative estimate of drug-likeness (QED) is 0.706. The molecule has 2 aliphatic rings. The fourth-order valence-electron chi connectivity index (χ4n) is 2.44. The minimum absolute atomic E-state index is 0.0161. The zero-order valence-corrected chi connectivity index (χ0v) is 11.1. The molecule has 0 spiro atoms. The molecule has 0 saturated carbocycles. The van der Waals surface area contributed by atoms with Gasteiger partial charge in [0.25, 0.3) is 0 Å². The number of hydrogen-bond acceptors (Lipinski definition) is 2. The second-order valence-electron chi connectivity index (χ2n) is 5.20. The molecule has 102 valence electrons. The van der Waals surface area contributed by atoms with Crippen LogP contribution in [0.3, 0.4) is 0 Å². The maximum atomic E-state index is 12.9. The van der Waals surface area contributed by atoms with Crippen LogP contribution in [0.1, 0.15) is 39.0 Å². The average molecular weight is 254 g/mol. The van der Waals surface area contributed by atoms with Crippen molar-refractivity contribution in [3.63, 3.8) is 0 Å². The lowest BCUT2D eigenvalue weighted by molar-refractivity contribution is -0.219. The van der Waals surface area contributed by atoms with Gasteiger partial charge in [0.15, 0.2) is 6.29 Å². The van der Waals surface area contributed by atoms with Crippen molar-refractivity contribution in [1.82, 2.24) is 0 Å². The molecule has 0 amide bonds. The normalized spacial score (nSPS) is 33.7. The van der Waals surface area contributed by atoms with E-state index in [9.17, 15) is 4.39 Å². The molecule has 1 aliphatic heterocycles. The van der Waals surface area contributed by atoms with E-state index in [1.165, 1.54) is 6.42 Å². The highest BCUT2D eigenvalue weighted by Crippen LogP contribution is 2.30. The van der Waals surface area contributed by atoms with E-state index in [2.05, 4.69) is 19.1 Å². The Kier molecular flexibility index (Phi) is 5.39. The van der Waals surface area contributed by atoms with E-state index in [-0.39, 0.29) is 12.1 Å². The van der Waals surface area contributed by atoms with Gasteiger partial charge in [0, 0.05) is 11.8 Å². The van der Waals surface area contributed by atoms with E-state index in [1.54, 1.807) is 6.08 Å². The zero-order valence-electron chi connectivity index (χ0n) is 11.1. The van der Waals surface area contributed by atoms with Crippen molar-refractivity contribution in [3.05, 3.63) is 24.1 Å². The maximum Gasteiger partial charge on any atom is 0.160 e.